The van der Waals surface area contributed by atoms with E-state index in [0.29, 0.717) is 25.9 Å². The number of carbonyl (C=O) groups excluding carboxylic acids is 1. The van der Waals surface area contributed by atoms with Crippen LogP contribution in [0.4, 0.5) is 0 Å². The second kappa shape index (κ2) is 6.50. The van der Waals surface area contributed by atoms with Gasteiger partial charge in [-0.1, -0.05) is 60.7 Å². The van der Waals surface area contributed by atoms with Crippen molar-refractivity contribution in [3.05, 3.63) is 71.8 Å². The van der Waals surface area contributed by atoms with Crippen LogP contribution in [0.25, 0.3) is 0 Å². The molecule has 2 fully saturated rings. The lowest BCUT2D eigenvalue weighted by atomic mass is 9.72. The smallest absolute Gasteiger partial charge is 0.234 e. The topological polar surface area (TPSA) is 59.0 Å². The number of likely N-dealkylation sites (tertiary alicyclic amines) is 1. The van der Waals surface area contributed by atoms with Gasteiger partial charge in [0.15, 0.2) is 0 Å². The molecule has 0 aromatic heterocycles. The number of nitrogens with zero attached hydrogens (tertiary/aromatic N) is 1. The van der Waals surface area contributed by atoms with Crippen molar-refractivity contribution in [2.24, 2.45) is 5.41 Å². The molecule has 1 spiro atoms. The molecule has 1 amide bonds. The third kappa shape index (κ3) is 2.82. The van der Waals surface area contributed by atoms with Crippen LogP contribution in [0.3, 0.4) is 0 Å². The van der Waals surface area contributed by atoms with E-state index in [4.69, 9.17) is 9.78 Å². The van der Waals surface area contributed by atoms with Crippen LogP contribution >= 0.6 is 0 Å². The van der Waals surface area contributed by atoms with Gasteiger partial charge in [-0.15, -0.1) is 0 Å². The van der Waals surface area contributed by atoms with E-state index in [9.17, 15) is 9.90 Å². The largest absolute Gasteiger partial charge is 0.363 e. The third-order valence-electron chi connectivity index (χ3n) is 5.64. The first-order valence-corrected chi connectivity index (χ1v) is 8.97. The second-order valence-corrected chi connectivity index (χ2v) is 7.31. The Morgan fingerprint density at radius 3 is 2.46 bits per heavy atom. The molecular weight excluding hydrogens is 330 g/mol. The summed E-state index contributed by atoms with van der Waals surface area (Å²) in [5.74, 6) is -1.73. The molecule has 2 aliphatic heterocycles. The predicted molar refractivity (Wildman–Crippen MR) is 95.5 cm³/mol. The minimum atomic E-state index is -1.65. The van der Waals surface area contributed by atoms with E-state index >= 15 is 0 Å². The highest BCUT2D eigenvalue weighted by molar-refractivity contribution is 5.86. The third-order valence-corrected chi connectivity index (χ3v) is 5.64. The molecule has 4 rings (SSSR count). The fraction of sp³-hybridized carbons (Fsp3) is 0.381. The molecule has 3 unspecified atom stereocenters. The van der Waals surface area contributed by atoms with E-state index in [-0.39, 0.29) is 12.0 Å². The summed E-state index contributed by atoms with van der Waals surface area (Å²) in [4.78, 5) is 25.9. The SMILES string of the molecule is CC1(O)OOC(c2ccccc2)CC12CCN(Cc1ccccc1)C2=O. The first-order valence-electron chi connectivity index (χ1n) is 8.97. The molecule has 5 nitrogen and oxygen atoms in total. The van der Waals surface area contributed by atoms with E-state index in [0.717, 1.165) is 11.1 Å². The maximum atomic E-state index is 13.3. The van der Waals surface area contributed by atoms with E-state index in [2.05, 4.69) is 0 Å². The Bertz CT molecular complexity index is 777. The van der Waals surface area contributed by atoms with Gasteiger partial charge in [0.1, 0.15) is 11.5 Å². The highest BCUT2D eigenvalue weighted by Gasteiger charge is 2.63. The van der Waals surface area contributed by atoms with Crippen LogP contribution in [0.1, 0.15) is 37.0 Å². The number of hydrogen-bond donors (Lipinski definition) is 1. The van der Waals surface area contributed by atoms with Gasteiger partial charge >= 0.3 is 0 Å². The van der Waals surface area contributed by atoms with E-state index in [1.54, 1.807) is 4.90 Å². The first-order chi connectivity index (χ1) is 12.5. The second-order valence-electron chi connectivity index (χ2n) is 7.31. The summed E-state index contributed by atoms with van der Waals surface area (Å²) in [6.07, 6.45) is 0.559. The number of benzene rings is 2. The van der Waals surface area contributed by atoms with E-state index < -0.39 is 11.2 Å². The van der Waals surface area contributed by atoms with Gasteiger partial charge in [-0.3, -0.25) is 4.79 Å². The molecular formula is C21H23NO4. The van der Waals surface area contributed by atoms with Gasteiger partial charge in [0.2, 0.25) is 11.7 Å². The highest BCUT2D eigenvalue weighted by atomic mass is 17.2. The summed E-state index contributed by atoms with van der Waals surface area (Å²) >= 11 is 0. The number of aliphatic hydroxyl groups is 1. The zero-order valence-electron chi connectivity index (χ0n) is 14.8. The molecule has 0 radical (unpaired) electrons. The zero-order chi connectivity index (χ0) is 18.2. The Labute approximate surface area is 153 Å². The Hall–Kier alpha value is -2.21. The van der Waals surface area contributed by atoms with Gasteiger partial charge in [0, 0.05) is 19.5 Å². The monoisotopic (exact) mass is 353 g/mol. The Morgan fingerprint density at radius 1 is 1.12 bits per heavy atom. The molecule has 2 aliphatic rings. The molecule has 3 atom stereocenters. The van der Waals surface area contributed by atoms with Crippen LogP contribution in [0.2, 0.25) is 0 Å². The average Bonchev–Trinajstić information content (AvgIpc) is 2.97. The van der Waals surface area contributed by atoms with Crippen LogP contribution in [-0.4, -0.2) is 28.2 Å². The standard InChI is InChI=1S/C21H23NO4/c1-20(24)21(14-18(25-26-20)17-10-6-3-7-11-17)12-13-22(19(21)23)15-16-8-4-2-5-9-16/h2-11,18,24H,12-15H2,1H3. The zero-order valence-corrected chi connectivity index (χ0v) is 14.8. The van der Waals surface area contributed by atoms with E-state index in [1.807, 2.05) is 60.7 Å². The summed E-state index contributed by atoms with van der Waals surface area (Å²) < 4.78 is 0. The Kier molecular flexibility index (Phi) is 4.31. The molecule has 2 aromatic carbocycles. The van der Waals surface area contributed by atoms with Gasteiger partial charge in [-0.2, -0.15) is 4.89 Å². The van der Waals surface area contributed by atoms with Crippen LogP contribution in [-0.2, 0) is 21.1 Å². The molecule has 0 saturated carbocycles. The lowest BCUT2D eigenvalue weighted by Gasteiger charge is -2.45. The summed E-state index contributed by atoms with van der Waals surface area (Å²) in [7, 11) is 0. The number of hydrogen-bond acceptors (Lipinski definition) is 4. The first kappa shape index (κ1) is 17.2. The lowest BCUT2D eigenvalue weighted by Crippen LogP contribution is -2.56. The number of carbonyl (C=O) groups is 1. The van der Waals surface area contributed by atoms with Crippen LogP contribution in [0, 0.1) is 5.41 Å². The minimum Gasteiger partial charge on any atom is -0.363 e. The molecule has 26 heavy (non-hydrogen) atoms. The molecule has 1 N–H and O–H groups in total. The summed E-state index contributed by atoms with van der Waals surface area (Å²) in [6, 6.07) is 19.6. The van der Waals surface area contributed by atoms with Gasteiger partial charge in [-0.05, 0) is 24.5 Å². The quantitative estimate of drug-likeness (QED) is 0.861. The van der Waals surface area contributed by atoms with Crippen LogP contribution in [0.5, 0.6) is 0 Å². The Balaban J connectivity index is 1.59. The van der Waals surface area contributed by atoms with Gasteiger partial charge in [0.05, 0.1) is 0 Å². The van der Waals surface area contributed by atoms with E-state index in [1.165, 1.54) is 6.92 Å². The predicted octanol–water partition coefficient (Wildman–Crippen LogP) is 3.21. The normalized spacial score (nSPS) is 31.5. The van der Waals surface area contributed by atoms with Crippen molar-refractivity contribution in [2.45, 2.75) is 38.2 Å². The molecule has 0 bridgehead atoms. The lowest BCUT2D eigenvalue weighted by molar-refractivity contribution is -0.485. The molecule has 0 aliphatic carbocycles. The van der Waals surface area contributed by atoms with Crippen molar-refractivity contribution < 1.29 is 19.7 Å². The van der Waals surface area contributed by atoms with Crippen molar-refractivity contribution in [2.75, 3.05) is 6.54 Å². The fourth-order valence-electron chi connectivity index (χ4n) is 4.02. The Morgan fingerprint density at radius 2 is 1.77 bits per heavy atom. The van der Waals surface area contributed by atoms with Gasteiger partial charge < -0.3 is 10.0 Å². The van der Waals surface area contributed by atoms with Crippen molar-refractivity contribution in [1.29, 1.82) is 0 Å². The van der Waals surface area contributed by atoms with Crippen molar-refractivity contribution >= 4 is 5.91 Å². The number of rotatable bonds is 3. The van der Waals surface area contributed by atoms with Crippen molar-refractivity contribution in [1.82, 2.24) is 4.90 Å². The highest BCUT2D eigenvalue weighted by Crippen LogP contribution is 2.53. The molecule has 2 heterocycles. The maximum absolute atomic E-state index is 13.3. The summed E-state index contributed by atoms with van der Waals surface area (Å²) in [6.45, 7) is 2.65. The average molecular weight is 353 g/mol. The minimum absolute atomic E-state index is 0.0735. The number of amides is 1. The molecule has 136 valence electrons. The maximum Gasteiger partial charge on any atom is 0.234 e. The summed E-state index contributed by atoms with van der Waals surface area (Å²) in [5, 5.41) is 10.8. The van der Waals surface area contributed by atoms with Gasteiger partial charge in [0.25, 0.3) is 0 Å². The van der Waals surface area contributed by atoms with Crippen molar-refractivity contribution in [3.63, 3.8) is 0 Å². The summed E-state index contributed by atoms with van der Waals surface area (Å²) in [5.41, 5.74) is 1.02. The van der Waals surface area contributed by atoms with Crippen LogP contribution in [0.15, 0.2) is 60.7 Å². The molecule has 2 aromatic rings. The molecule has 2 saturated heterocycles. The molecule has 5 heteroatoms. The fourth-order valence-corrected chi connectivity index (χ4v) is 4.02. The van der Waals surface area contributed by atoms with Crippen molar-refractivity contribution in [3.8, 4) is 0 Å². The van der Waals surface area contributed by atoms with Crippen LogP contribution < -0.4 is 0 Å². The van der Waals surface area contributed by atoms with Gasteiger partial charge in [-0.25, -0.2) is 4.89 Å².